The number of carbonyl (C=O) groups excluding carboxylic acids is 1. The zero-order chi connectivity index (χ0) is 16.2. The molecule has 0 saturated heterocycles. The Morgan fingerprint density at radius 3 is 2.14 bits per heavy atom. The minimum atomic E-state index is -0.0181. The van der Waals surface area contributed by atoms with E-state index < -0.39 is 0 Å². The fraction of sp³-hybridized carbons (Fsp3) is 0.350. The lowest BCUT2D eigenvalue weighted by Gasteiger charge is -2.27. The van der Waals surface area contributed by atoms with Crippen LogP contribution in [-0.4, -0.2) is 5.91 Å². The van der Waals surface area contributed by atoms with E-state index >= 15 is 0 Å². The normalized spacial score (nSPS) is 12.7. The van der Waals surface area contributed by atoms with Crippen LogP contribution >= 0.6 is 0 Å². The Hall–Kier alpha value is -2.09. The maximum absolute atomic E-state index is 12.5. The quantitative estimate of drug-likeness (QED) is 0.853. The molecule has 0 aromatic heterocycles. The molecule has 1 amide bonds. The van der Waals surface area contributed by atoms with Crippen molar-refractivity contribution >= 4 is 5.91 Å². The smallest absolute Gasteiger partial charge is 0.251 e. The number of hydrogen-bond donors (Lipinski definition) is 1. The van der Waals surface area contributed by atoms with Crippen LogP contribution in [0.1, 0.15) is 54.7 Å². The molecule has 2 heteroatoms. The second-order valence-electron chi connectivity index (χ2n) is 7.07. The Morgan fingerprint density at radius 2 is 1.59 bits per heavy atom. The average Bonchev–Trinajstić information content (AvgIpc) is 2.47. The fourth-order valence-electron chi connectivity index (χ4n) is 2.49. The SMILES string of the molecule is Cc1ccc(C(CC(C)(C)C)NC(=O)c2ccccc2)cc1. The second kappa shape index (κ2) is 6.78. The fourth-order valence-corrected chi connectivity index (χ4v) is 2.49. The number of hydrogen-bond acceptors (Lipinski definition) is 1. The molecular formula is C20H25NO. The summed E-state index contributed by atoms with van der Waals surface area (Å²) < 4.78 is 0. The van der Waals surface area contributed by atoms with Crippen LogP contribution in [-0.2, 0) is 0 Å². The van der Waals surface area contributed by atoms with Gasteiger partial charge < -0.3 is 5.32 Å². The third kappa shape index (κ3) is 4.73. The molecule has 1 unspecified atom stereocenters. The highest BCUT2D eigenvalue weighted by Crippen LogP contribution is 2.29. The van der Waals surface area contributed by atoms with E-state index in [9.17, 15) is 4.79 Å². The van der Waals surface area contributed by atoms with Crippen molar-refractivity contribution in [3.8, 4) is 0 Å². The van der Waals surface area contributed by atoms with Crippen LogP contribution in [0.3, 0.4) is 0 Å². The molecule has 0 radical (unpaired) electrons. The molecule has 22 heavy (non-hydrogen) atoms. The Labute approximate surface area is 133 Å². The summed E-state index contributed by atoms with van der Waals surface area (Å²) in [4.78, 5) is 12.5. The van der Waals surface area contributed by atoms with E-state index in [-0.39, 0.29) is 17.4 Å². The van der Waals surface area contributed by atoms with Gasteiger partial charge in [-0.3, -0.25) is 4.79 Å². The van der Waals surface area contributed by atoms with Gasteiger partial charge in [-0.05, 0) is 36.5 Å². The molecule has 2 rings (SSSR count). The highest BCUT2D eigenvalue weighted by Gasteiger charge is 2.22. The van der Waals surface area contributed by atoms with Gasteiger partial charge in [-0.15, -0.1) is 0 Å². The van der Waals surface area contributed by atoms with E-state index in [1.54, 1.807) is 0 Å². The lowest BCUT2D eigenvalue weighted by Crippen LogP contribution is -2.31. The number of nitrogens with one attached hydrogen (secondary N) is 1. The van der Waals surface area contributed by atoms with Crippen molar-refractivity contribution in [1.82, 2.24) is 5.32 Å². The second-order valence-corrected chi connectivity index (χ2v) is 7.07. The van der Waals surface area contributed by atoms with Crippen molar-refractivity contribution in [2.75, 3.05) is 0 Å². The minimum absolute atomic E-state index is 0.0181. The average molecular weight is 295 g/mol. The van der Waals surface area contributed by atoms with E-state index in [0.29, 0.717) is 5.56 Å². The van der Waals surface area contributed by atoms with Gasteiger partial charge in [-0.1, -0.05) is 68.8 Å². The third-order valence-electron chi connectivity index (χ3n) is 3.64. The molecule has 0 saturated carbocycles. The zero-order valence-corrected chi connectivity index (χ0v) is 13.9. The van der Waals surface area contributed by atoms with Crippen LogP contribution in [0.4, 0.5) is 0 Å². The van der Waals surface area contributed by atoms with Gasteiger partial charge in [0.2, 0.25) is 0 Å². The van der Waals surface area contributed by atoms with Crippen LogP contribution in [0.5, 0.6) is 0 Å². The van der Waals surface area contributed by atoms with Gasteiger partial charge in [-0.2, -0.15) is 0 Å². The Kier molecular flexibility index (Phi) is 5.02. The number of benzene rings is 2. The van der Waals surface area contributed by atoms with Crippen molar-refractivity contribution < 1.29 is 4.79 Å². The van der Waals surface area contributed by atoms with Crippen molar-refractivity contribution in [2.24, 2.45) is 5.41 Å². The maximum atomic E-state index is 12.5. The third-order valence-corrected chi connectivity index (χ3v) is 3.64. The van der Waals surface area contributed by atoms with Crippen molar-refractivity contribution in [1.29, 1.82) is 0 Å². The summed E-state index contributed by atoms with van der Waals surface area (Å²) in [5, 5.41) is 3.19. The van der Waals surface area contributed by atoms with Crippen molar-refractivity contribution in [3.63, 3.8) is 0 Å². The molecule has 0 heterocycles. The lowest BCUT2D eigenvalue weighted by molar-refractivity contribution is 0.0926. The van der Waals surface area contributed by atoms with Crippen LogP contribution in [0.2, 0.25) is 0 Å². The maximum Gasteiger partial charge on any atom is 0.251 e. The van der Waals surface area contributed by atoms with Gasteiger partial charge >= 0.3 is 0 Å². The van der Waals surface area contributed by atoms with Crippen molar-refractivity contribution in [2.45, 2.75) is 40.2 Å². The van der Waals surface area contributed by atoms with Gasteiger partial charge in [0.15, 0.2) is 0 Å². The Bertz CT molecular complexity index is 608. The molecule has 0 aliphatic carbocycles. The lowest BCUT2D eigenvalue weighted by atomic mass is 9.85. The first kappa shape index (κ1) is 16.3. The summed E-state index contributed by atoms with van der Waals surface area (Å²) >= 11 is 0. The number of amides is 1. The molecule has 0 aliphatic rings. The highest BCUT2D eigenvalue weighted by molar-refractivity contribution is 5.94. The predicted octanol–water partition coefficient (Wildman–Crippen LogP) is 4.90. The van der Waals surface area contributed by atoms with Gasteiger partial charge in [0.05, 0.1) is 6.04 Å². The van der Waals surface area contributed by atoms with Crippen LogP contribution < -0.4 is 5.32 Å². The molecule has 2 aromatic rings. The monoisotopic (exact) mass is 295 g/mol. The summed E-state index contributed by atoms with van der Waals surface area (Å²) in [6.07, 6.45) is 0.897. The largest absolute Gasteiger partial charge is 0.345 e. The minimum Gasteiger partial charge on any atom is -0.345 e. The Balaban J connectivity index is 2.21. The molecular weight excluding hydrogens is 270 g/mol. The van der Waals surface area contributed by atoms with Crippen LogP contribution in [0, 0.1) is 12.3 Å². The van der Waals surface area contributed by atoms with E-state index in [4.69, 9.17) is 0 Å². The summed E-state index contributed by atoms with van der Waals surface area (Å²) in [6, 6.07) is 17.8. The predicted molar refractivity (Wildman–Crippen MR) is 91.9 cm³/mol. The summed E-state index contributed by atoms with van der Waals surface area (Å²) in [6.45, 7) is 8.67. The van der Waals surface area contributed by atoms with E-state index in [1.165, 1.54) is 5.56 Å². The molecule has 0 aliphatic heterocycles. The van der Waals surface area contributed by atoms with Crippen LogP contribution in [0.15, 0.2) is 54.6 Å². The summed E-state index contributed by atoms with van der Waals surface area (Å²) in [5.74, 6) is -0.0181. The van der Waals surface area contributed by atoms with Gasteiger partial charge in [-0.25, -0.2) is 0 Å². The van der Waals surface area contributed by atoms with E-state index in [0.717, 1.165) is 12.0 Å². The van der Waals surface area contributed by atoms with E-state index in [2.05, 4.69) is 57.3 Å². The van der Waals surface area contributed by atoms with Gasteiger partial charge in [0.1, 0.15) is 0 Å². The molecule has 1 N–H and O–H groups in total. The molecule has 0 spiro atoms. The summed E-state index contributed by atoms with van der Waals surface area (Å²) in [5.41, 5.74) is 3.23. The van der Waals surface area contributed by atoms with Crippen LogP contribution in [0.25, 0.3) is 0 Å². The number of aryl methyl sites for hydroxylation is 1. The standard InChI is InChI=1S/C20H25NO/c1-15-10-12-16(13-11-15)18(14-20(2,3)4)21-19(22)17-8-6-5-7-9-17/h5-13,18H,14H2,1-4H3,(H,21,22). The first-order valence-corrected chi connectivity index (χ1v) is 7.78. The molecule has 116 valence electrons. The zero-order valence-electron chi connectivity index (χ0n) is 13.9. The number of carbonyl (C=O) groups is 1. The van der Waals surface area contributed by atoms with Gasteiger partial charge in [0, 0.05) is 5.56 Å². The first-order chi connectivity index (χ1) is 10.3. The Morgan fingerprint density at radius 1 is 1.00 bits per heavy atom. The molecule has 0 fully saturated rings. The molecule has 1 atom stereocenters. The molecule has 0 bridgehead atoms. The van der Waals surface area contributed by atoms with Crippen molar-refractivity contribution in [3.05, 3.63) is 71.3 Å². The first-order valence-electron chi connectivity index (χ1n) is 7.78. The molecule has 2 aromatic carbocycles. The number of rotatable bonds is 4. The highest BCUT2D eigenvalue weighted by atomic mass is 16.1. The topological polar surface area (TPSA) is 29.1 Å². The molecule has 2 nitrogen and oxygen atoms in total. The van der Waals surface area contributed by atoms with Gasteiger partial charge in [0.25, 0.3) is 5.91 Å². The van der Waals surface area contributed by atoms with E-state index in [1.807, 2.05) is 30.3 Å². The summed E-state index contributed by atoms with van der Waals surface area (Å²) in [7, 11) is 0.